The first kappa shape index (κ1) is 16.0. The van der Waals surface area contributed by atoms with E-state index in [0.29, 0.717) is 12.2 Å². The van der Waals surface area contributed by atoms with E-state index in [4.69, 9.17) is 0 Å². The number of benzene rings is 1. The molecule has 6 nitrogen and oxygen atoms in total. The molecule has 0 saturated carbocycles. The molecule has 1 aromatic carbocycles. The Bertz CT molecular complexity index is 831. The summed E-state index contributed by atoms with van der Waals surface area (Å²) < 4.78 is 1.85. The van der Waals surface area contributed by atoms with Crippen LogP contribution in [0.4, 0.5) is 0 Å². The molecule has 1 N–H and O–H groups in total. The van der Waals surface area contributed by atoms with Gasteiger partial charge in [-0.2, -0.15) is 10.2 Å². The van der Waals surface area contributed by atoms with Crippen molar-refractivity contribution in [3.05, 3.63) is 59.5 Å². The Morgan fingerprint density at radius 3 is 2.71 bits per heavy atom. The van der Waals surface area contributed by atoms with Crippen molar-refractivity contribution in [2.75, 3.05) is 7.05 Å². The quantitative estimate of drug-likeness (QED) is 0.785. The van der Waals surface area contributed by atoms with Crippen molar-refractivity contribution in [2.24, 2.45) is 0 Å². The lowest BCUT2D eigenvalue weighted by atomic mass is 10.1. The van der Waals surface area contributed by atoms with Gasteiger partial charge in [0.2, 0.25) is 0 Å². The molecule has 0 unspecified atom stereocenters. The molecule has 0 aliphatic heterocycles. The van der Waals surface area contributed by atoms with Crippen molar-refractivity contribution in [3.8, 4) is 11.3 Å². The number of hydrogen-bond donors (Lipinski definition) is 1. The maximum Gasteiger partial charge on any atom is 0.271 e. The summed E-state index contributed by atoms with van der Waals surface area (Å²) in [6.07, 6.45) is 3.74. The van der Waals surface area contributed by atoms with Gasteiger partial charge in [-0.3, -0.25) is 14.6 Å². The molecule has 24 heavy (non-hydrogen) atoms. The second-order valence-corrected chi connectivity index (χ2v) is 5.90. The molecule has 0 saturated heterocycles. The van der Waals surface area contributed by atoms with Gasteiger partial charge in [0.1, 0.15) is 5.69 Å². The molecule has 6 heteroatoms. The summed E-state index contributed by atoms with van der Waals surface area (Å²) in [5.74, 6) is -0.0925. The van der Waals surface area contributed by atoms with Gasteiger partial charge in [0.25, 0.3) is 5.91 Å². The molecular formula is C18H21N5O. The van der Waals surface area contributed by atoms with Crippen molar-refractivity contribution < 1.29 is 4.79 Å². The van der Waals surface area contributed by atoms with Crippen LogP contribution in [0.3, 0.4) is 0 Å². The third-order valence-corrected chi connectivity index (χ3v) is 3.93. The largest absolute Gasteiger partial charge is 0.336 e. The van der Waals surface area contributed by atoms with E-state index in [1.54, 1.807) is 24.2 Å². The average Bonchev–Trinajstić information content (AvgIpc) is 3.24. The third kappa shape index (κ3) is 3.37. The Balaban J connectivity index is 1.71. The highest BCUT2D eigenvalue weighted by Gasteiger charge is 2.16. The maximum absolute atomic E-state index is 12.6. The lowest BCUT2D eigenvalue weighted by Gasteiger charge is -2.14. The van der Waals surface area contributed by atoms with Crippen molar-refractivity contribution in [1.82, 2.24) is 24.9 Å². The number of carbonyl (C=O) groups is 1. The molecule has 0 bridgehead atoms. The molecule has 3 aromatic rings. The van der Waals surface area contributed by atoms with Gasteiger partial charge in [0, 0.05) is 37.5 Å². The van der Waals surface area contributed by atoms with Gasteiger partial charge in [0.15, 0.2) is 0 Å². The minimum atomic E-state index is -0.0925. The van der Waals surface area contributed by atoms with Crippen molar-refractivity contribution in [1.29, 1.82) is 0 Å². The second kappa shape index (κ2) is 6.70. The zero-order valence-electron chi connectivity index (χ0n) is 14.2. The number of aromatic amines is 1. The van der Waals surface area contributed by atoms with Gasteiger partial charge >= 0.3 is 0 Å². The molecular weight excluding hydrogens is 302 g/mol. The van der Waals surface area contributed by atoms with Crippen LogP contribution in [0.15, 0.2) is 42.7 Å². The molecule has 0 spiro atoms. The van der Waals surface area contributed by atoms with Gasteiger partial charge in [0.05, 0.1) is 11.9 Å². The lowest BCUT2D eigenvalue weighted by Crippen LogP contribution is -2.26. The van der Waals surface area contributed by atoms with Crippen molar-refractivity contribution >= 4 is 5.91 Å². The van der Waals surface area contributed by atoms with Gasteiger partial charge in [-0.05, 0) is 19.9 Å². The highest BCUT2D eigenvalue weighted by Crippen LogP contribution is 2.19. The molecule has 0 aliphatic carbocycles. The number of nitrogens with one attached hydrogen (secondary N) is 1. The summed E-state index contributed by atoms with van der Waals surface area (Å²) in [5.41, 5.74) is 4.44. The molecule has 2 aromatic heterocycles. The predicted octanol–water partition coefficient (Wildman–Crippen LogP) is 2.87. The number of aromatic nitrogens is 4. The number of H-pyrrole nitrogens is 1. The first-order valence-corrected chi connectivity index (χ1v) is 7.96. The summed E-state index contributed by atoms with van der Waals surface area (Å²) in [6, 6.07) is 9.86. The van der Waals surface area contributed by atoms with Crippen LogP contribution in [0.1, 0.15) is 28.5 Å². The molecule has 0 aliphatic rings. The predicted molar refractivity (Wildman–Crippen MR) is 92.5 cm³/mol. The Kier molecular flexibility index (Phi) is 4.46. The number of aryl methyl sites for hydroxylation is 2. The van der Waals surface area contributed by atoms with E-state index < -0.39 is 0 Å². The first-order valence-electron chi connectivity index (χ1n) is 7.96. The molecule has 1 amide bonds. The zero-order valence-corrected chi connectivity index (χ0v) is 14.2. The van der Waals surface area contributed by atoms with Crippen LogP contribution in [0.25, 0.3) is 11.3 Å². The third-order valence-electron chi connectivity index (χ3n) is 3.93. The van der Waals surface area contributed by atoms with E-state index in [1.165, 1.54) is 5.56 Å². The summed E-state index contributed by atoms with van der Waals surface area (Å²) in [4.78, 5) is 14.2. The second-order valence-electron chi connectivity index (χ2n) is 5.90. The van der Waals surface area contributed by atoms with Crippen LogP contribution >= 0.6 is 0 Å². The SMILES string of the molecule is CCn1cc(CN(C)C(=O)c2cc(-c3ccc(C)cc3)n[nH]2)cn1. The van der Waals surface area contributed by atoms with Crippen LogP contribution in [-0.4, -0.2) is 37.8 Å². The monoisotopic (exact) mass is 323 g/mol. The van der Waals surface area contributed by atoms with Gasteiger partial charge in [-0.25, -0.2) is 0 Å². The van der Waals surface area contributed by atoms with Crippen LogP contribution in [0.2, 0.25) is 0 Å². The topological polar surface area (TPSA) is 66.8 Å². The molecule has 0 atom stereocenters. The van der Waals surface area contributed by atoms with E-state index in [2.05, 4.69) is 15.3 Å². The molecule has 124 valence electrons. The summed E-state index contributed by atoms with van der Waals surface area (Å²) in [5, 5.41) is 11.3. The van der Waals surface area contributed by atoms with Gasteiger partial charge in [-0.1, -0.05) is 29.8 Å². The maximum atomic E-state index is 12.6. The van der Waals surface area contributed by atoms with Crippen molar-refractivity contribution in [3.63, 3.8) is 0 Å². The number of rotatable bonds is 5. The average molecular weight is 323 g/mol. The highest BCUT2D eigenvalue weighted by atomic mass is 16.2. The summed E-state index contributed by atoms with van der Waals surface area (Å²) in [7, 11) is 1.78. The Morgan fingerprint density at radius 1 is 1.29 bits per heavy atom. The standard InChI is InChI=1S/C18H21N5O/c1-4-23-12-14(10-19-23)11-22(3)18(24)17-9-16(20-21-17)15-7-5-13(2)6-8-15/h5-10,12H,4,11H2,1-3H3,(H,20,21). The lowest BCUT2D eigenvalue weighted by molar-refractivity contribution is 0.0779. The number of amides is 1. The normalized spacial score (nSPS) is 10.8. The fourth-order valence-corrected chi connectivity index (χ4v) is 2.52. The minimum Gasteiger partial charge on any atom is -0.336 e. The van der Waals surface area contributed by atoms with E-state index >= 15 is 0 Å². The number of carbonyl (C=O) groups excluding carboxylic acids is 1. The van der Waals surface area contributed by atoms with E-state index in [-0.39, 0.29) is 5.91 Å². The molecule has 2 heterocycles. The zero-order chi connectivity index (χ0) is 17.1. The van der Waals surface area contributed by atoms with Crippen LogP contribution in [-0.2, 0) is 13.1 Å². The minimum absolute atomic E-state index is 0.0925. The fourth-order valence-electron chi connectivity index (χ4n) is 2.52. The van der Waals surface area contributed by atoms with Crippen LogP contribution in [0.5, 0.6) is 0 Å². The Labute approximate surface area is 141 Å². The molecule has 3 rings (SSSR count). The Morgan fingerprint density at radius 2 is 2.04 bits per heavy atom. The fraction of sp³-hybridized carbons (Fsp3) is 0.278. The highest BCUT2D eigenvalue weighted by molar-refractivity contribution is 5.93. The molecule has 0 fully saturated rings. The summed E-state index contributed by atoms with van der Waals surface area (Å²) >= 11 is 0. The Hall–Kier alpha value is -2.89. The van der Waals surface area contributed by atoms with E-state index in [0.717, 1.165) is 23.4 Å². The van der Waals surface area contributed by atoms with Gasteiger partial charge in [-0.15, -0.1) is 0 Å². The molecule has 0 radical (unpaired) electrons. The smallest absolute Gasteiger partial charge is 0.271 e. The van der Waals surface area contributed by atoms with Crippen LogP contribution < -0.4 is 0 Å². The number of hydrogen-bond acceptors (Lipinski definition) is 3. The number of nitrogens with zero attached hydrogens (tertiary/aromatic N) is 4. The van der Waals surface area contributed by atoms with Crippen molar-refractivity contribution in [2.45, 2.75) is 26.9 Å². The van der Waals surface area contributed by atoms with Crippen LogP contribution in [0, 0.1) is 6.92 Å². The first-order chi connectivity index (χ1) is 11.6. The van der Waals surface area contributed by atoms with E-state index in [1.807, 2.05) is 49.0 Å². The van der Waals surface area contributed by atoms with E-state index in [9.17, 15) is 4.79 Å². The van der Waals surface area contributed by atoms with Gasteiger partial charge < -0.3 is 4.90 Å². The summed E-state index contributed by atoms with van der Waals surface area (Å²) in [6.45, 7) is 5.40.